The van der Waals surface area contributed by atoms with Crippen LogP contribution in [0.25, 0.3) is 0 Å². The second-order valence-corrected chi connectivity index (χ2v) is 22.6. The molecule has 5 rings (SSSR count). The number of hydrogen-bond donors (Lipinski definition) is 2. The molecule has 0 aromatic heterocycles. The Hall–Kier alpha value is -2.58. The van der Waals surface area contributed by atoms with Crippen molar-refractivity contribution in [2.24, 2.45) is 62.1 Å². The molecule has 5 unspecified atom stereocenters. The predicted molar refractivity (Wildman–Crippen MR) is 214 cm³/mol. The van der Waals surface area contributed by atoms with Crippen molar-refractivity contribution in [3.63, 3.8) is 0 Å². The van der Waals surface area contributed by atoms with Crippen molar-refractivity contribution in [3.05, 3.63) is 12.2 Å². The van der Waals surface area contributed by atoms with Crippen LogP contribution >= 0.6 is 0 Å². The molecule has 10 atom stereocenters. The molecule has 0 bridgehead atoms. The zero-order valence-electron chi connectivity index (χ0n) is 36.7. The van der Waals surface area contributed by atoms with Crippen molar-refractivity contribution in [2.45, 2.75) is 184 Å². The van der Waals surface area contributed by atoms with Crippen molar-refractivity contribution in [1.29, 1.82) is 0 Å². The topological polar surface area (TPSA) is 128 Å². The Morgan fingerprint density at radius 1 is 0.782 bits per heavy atom. The average molecular weight is 770 g/mol. The van der Waals surface area contributed by atoms with Crippen molar-refractivity contribution in [2.75, 3.05) is 6.61 Å². The van der Waals surface area contributed by atoms with Gasteiger partial charge in [0.05, 0.1) is 19.4 Å². The lowest BCUT2D eigenvalue weighted by Crippen LogP contribution is -2.67. The minimum absolute atomic E-state index is 0.0668. The Morgan fingerprint density at radius 3 is 2.04 bits per heavy atom. The van der Waals surface area contributed by atoms with E-state index in [1.54, 1.807) is 34.6 Å². The van der Waals surface area contributed by atoms with Gasteiger partial charge in [0.2, 0.25) is 0 Å². The number of rotatable bonds is 10. The third-order valence-electron chi connectivity index (χ3n) is 16.5. The first kappa shape index (κ1) is 43.5. The van der Waals surface area contributed by atoms with Crippen molar-refractivity contribution in [3.8, 4) is 0 Å². The number of ether oxygens (including phenoxy) is 3. The van der Waals surface area contributed by atoms with Gasteiger partial charge in [-0.05, 0) is 157 Å². The maximum atomic E-state index is 13.6. The lowest BCUT2D eigenvalue weighted by atomic mass is 9.32. The largest absolute Gasteiger partial charge is 0.481 e. The highest BCUT2D eigenvalue weighted by atomic mass is 16.6. The van der Waals surface area contributed by atoms with Gasteiger partial charge in [-0.1, -0.05) is 60.6 Å². The molecule has 9 nitrogen and oxygen atoms in total. The fraction of sp³-hybridized carbons (Fsp3) is 0.870. The summed E-state index contributed by atoms with van der Waals surface area (Å²) >= 11 is 0. The van der Waals surface area contributed by atoms with E-state index in [1.807, 2.05) is 13.8 Å². The van der Waals surface area contributed by atoms with Crippen LogP contribution in [0.15, 0.2) is 12.2 Å². The predicted octanol–water partition coefficient (Wildman–Crippen LogP) is 10.3. The Labute approximate surface area is 332 Å². The average Bonchev–Trinajstić information content (AvgIpc) is 3.39. The summed E-state index contributed by atoms with van der Waals surface area (Å²) in [7, 11) is 0. The van der Waals surface area contributed by atoms with Crippen LogP contribution in [-0.2, 0) is 28.6 Å². The summed E-state index contributed by atoms with van der Waals surface area (Å²) in [5, 5.41) is 12.1. The van der Waals surface area contributed by atoms with Crippen LogP contribution in [0.1, 0.15) is 167 Å². The number of nitrogens with one attached hydrogen (secondary N) is 1. The Bertz CT molecular complexity index is 1540. The molecule has 0 radical (unpaired) electrons. The van der Waals surface area contributed by atoms with Crippen molar-refractivity contribution in [1.82, 2.24) is 5.32 Å². The van der Waals surface area contributed by atoms with Gasteiger partial charge in [0.25, 0.3) is 0 Å². The minimum Gasteiger partial charge on any atom is -0.481 e. The standard InChI is InChI=1S/C46H75NO8/c1-28(2)29-17-22-46(27-53-37(51)42(10,11)47-38(52)55-39(3,4)5)24-23-44(13)30(36(29)46)15-16-32-43(12)20-19-33(41(8,9)31(43)18-21-45(32,44)14)54-35(50)26-40(6,7)25-34(48)49/h29-33,36H,1,15-27H2,2-14H3,(H,47,52)(H,48,49)/t29-,30?,31?,32?,33-,36?,43-,44+,45+,46?/m0/s1. The highest BCUT2D eigenvalue weighted by molar-refractivity contribution is 5.85. The molecular formula is C46H75NO8. The van der Waals surface area contributed by atoms with Crippen molar-refractivity contribution >= 4 is 24.0 Å². The van der Waals surface area contributed by atoms with Gasteiger partial charge in [0.1, 0.15) is 17.2 Å². The van der Waals surface area contributed by atoms with E-state index in [1.165, 1.54) is 5.57 Å². The van der Waals surface area contributed by atoms with E-state index in [0.29, 0.717) is 36.2 Å². The highest BCUT2D eigenvalue weighted by Gasteiger charge is 2.71. The first-order chi connectivity index (χ1) is 25.0. The van der Waals surface area contributed by atoms with Gasteiger partial charge in [0.15, 0.2) is 0 Å². The van der Waals surface area contributed by atoms with E-state index < -0.39 is 34.6 Å². The van der Waals surface area contributed by atoms with Crippen LogP contribution < -0.4 is 5.32 Å². The molecule has 9 heteroatoms. The summed E-state index contributed by atoms with van der Waals surface area (Å²) < 4.78 is 18.0. The van der Waals surface area contributed by atoms with E-state index in [9.17, 15) is 24.3 Å². The Kier molecular flexibility index (Phi) is 11.4. The lowest BCUT2D eigenvalue weighted by Gasteiger charge is -2.73. The molecule has 1 amide bonds. The Balaban J connectivity index is 1.35. The van der Waals surface area contributed by atoms with Crippen molar-refractivity contribution < 1.29 is 38.5 Å². The van der Waals surface area contributed by atoms with Gasteiger partial charge in [-0.15, -0.1) is 0 Å². The number of hydrogen-bond acceptors (Lipinski definition) is 7. The number of amides is 1. The van der Waals surface area contributed by atoms with E-state index in [4.69, 9.17) is 14.2 Å². The first-order valence-electron chi connectivity index (χ1n) is 21.3. The molecule has 312 valence electrons. The van der Waals surface area contributed by atoms with Crippen LogP contribution in [0.5, 0.6) is 0 Å². The van der Waals surface area contributed by atoms with E-state index in [-0.39, 0.29) is 52.0 Å². The van der Waals surface area contributed by atoms with Gasteiger partial charge in [-0.3, -0.25) is 9.59 Å². The molecule has 0 heterocycles. The van der Waals surface area contributed by atoms with Crippen LogP contribution in [0.2, 0.25) is 0 Å². The van der Waals surface area contributed by atoms with E-state index >= 15 is 0 Å². The fourth-order valence-electron chi connectivity index (χ4n) is 13.8. The molecule has 5 aliphatic rings. The molecule has 0 saturated heterocycles. The summed E-state index contributed by atoms with van der Waals surface area (Å²) in [6.45, 7) is 31.8. The molecule has 0 spiro atoms. The van der Waals surface area contributed by atoms with Crippen LogP contribution in [0.3, 0.4) is 0 Å². The summed E-state index contributed by atoms with van der Waals surface area (Å²) in [6.07, 6.45) is 9.76. The smallest absolute Gasteiger partial charge is 0.408 e. The maximum absolute atomic E-state index is 13.6. The summed E-state index contributed by atoms with van der Waals surface area (Å²) in [5.74, 6) is 0.567. The van der Waals surface area contributed by atoms with Crippen LogP contribution in [0.4, 0.5) is 4.79 Å². The maximum Gasteiger partial charge on any atom is 0.408 e. The van der Waals surface area contributed by atoms with Crippen LogP contribution in [0, 0.1) is 62.1 Å². The number of alkyl carbamates (subject to hydrolysis) is 1. The fourth-order valence-corrected chi connectivity index (χ4v) is 13.8. The van der Waals surface area contributed by atoms with Crippen LogP contribution in [-0.4, -0.2) is 53.0 Å². The van der Waals surface area contributed by atoms with Gasteiger partial charge in [-0.25, -0.2) is 9.59 Å². The number of aliphatic carboxylic acids is 1. The minimum atomic E-state index is -1.23. The number of carbonyl (C=O) groups excluding carboxylic acids is 3. The second-order valence-electron chi connectivity index (χ2n) is 22.6. The summed E-state index contributed by atoms with van der Waals surface area (Å²) in [6, 6.07) is 0. The molecule has 5 aliphatic carbocycles. The zero-order chi connectivity index (χ0) is 41.4. The molecule has 0 aliphatic heterocycles. The molecule has 2 N–H and O–H groups in total. The van der Waals surface area contributed by atoms with Gasteiger partial charge in [0, 0.05) is 10.8 Å². The molecule has 5 fully saturated rings. The summed E-state index contributed by atoms with van der Waals surface area (Å²) in [4.78, 5) is 50.9. The number of carbonyl (C=O) groups is 4. The zero-order valence-corrected chi connectivity index (χ0v) is 36.7. The monoisotopic (exact) mass is 770 g/mol. The molecule has 0 aromatic rings. The second kappa shape index (κ2) is 14.4. The number of allylic oxidation sites excluding steroid dienone is 1. The number of carboxylic acids is 1. The van der Waals surface area contributed by atoms with E-state index in [2.05, 4.69) is 53.4 Å². The molecule has 55 heavy (non-hydrogen) atoms. The van der Waals surface area contributed by atoms with Gasteiger partial charge >= 0.3 is 24.0 Å². The highest BCUT2D eigenvalue weighted by Crippen LogP contribution is 2.77. The van der Waals surface area contributed by atoms with E-state index in [0.717, 1.165) is 64.2 Å². The molecule has 0 aromatic carbocycles. The SMILES string of the molecule is C=C(C)[C@@H]1CCC2(COC(=O)C(C)(C)NC(=O)OC(C)(C)C)CC[C@]3(C)C(CCC4[C@@]5(C)CC[C@H](OC(=O)CC(C)(C)CC(=O)O)C(C)(C)C5CC[C@]43C)C12. The Morgan fingerprint density at radius 2 is 1.44 bits per heavy atom. The van der Waals surface area contributed by atoms with Gasteiger partial charge in [-0.2, -0.15) is 0 Å². The number of fused-ring (bicyclic) bond motifs is 7. The molecular weight excluding hydrogens is 695 g/mol. The third-order valence-corrected chi connectivity index (χ3v) is 16.5. The summed E-state index contributed by atoms with van der Waals surface area (Å²) in [5.41, 5.74) is -1.31. The number of carboxylic acid groups (broad SMARTS) is 1. The van der Waals surface area contributed by atoms with Gasteiger partial charge < -0.3 is 24.6 Å². The quantitative estimate of drug-likeness (QED) is 0.128. The lowest BCUT2D eigenvalue weighted by molar-refractivity contribution is -0.252. The molecule has 5 saturated carbocycles. The third kappa shape index (κ3) is 7.86. The first-order valence-corrected chi connectivity index (χ1v) is 21.3. The normalized spacial score (nSPS) is 38.3. The number of esters is 2.